The van der Waals surface area contributed by atoms with Crippen molar-refractivity contribution in [3.8, 4) is 11.1 Å². The molecule has 0 aliphatic carbocycles. The molecule has 3 amide bonds. The summed E-state index contributed by atoms with van der Waals surface area (Å²) < 4.78 is 0. The zero-order valence-electron chi connectivity index (χ0n) is 17.9. The molecule has 1 atom stereocenters. The van der Waals surface area contributed by atoms with Crippen LogP contribution in [0, 0.1) is 5.92 Å². The lowest BCUT2D eigenvalue weighted by molar-refractivity contribution is -0.143. The highest BCUT2D eigenvalue weighted by Crippen LogP contribution is 2.23. The van der Waals surface area contributed by atoms with Crippen LogP contribution in [-0.4, -0.2) is 46.0 Å². The maximum absolute atomic E-state index is 12.7. The third-order valence-corrected chi connectivity index (χ3v) is 5.55. The van der Waals surface area contributed by atoms with Crippen LogP contribution in [0.4, 0.5) is 16.2 Å². The van der Waals surface area contributed by atoms with Crippen molar-refractivity contribution < 1.29 is 19.5 Å². The van der Waals surface area contributed by atoms with E-state index in [1.807, 2.05) is 36.4 Å². The van der Waals surface area contributed by atoms with E-state index in [0.29, 0.717) is 36.5 Å². The fourth-order valence-corrected chi connectivity index (χ4v) is 3.78. The summed E-state index contributed by atoms with van der Waals surface area (Å²) in [6, 6.07) is 19.6. The number of amides is 3. The van der Waals surface area contributed by atoms with Crippen LogP contribution in [-0.2, 0) is 4.79 Å². The number of nitrogens with one attached hydrogen (secondary N) is 2. The smallest absolute Gasteiger partial charge is 0.323 e. The second-order valence-corrected chi connectivity index (χ2v) is 7.88. The van der Waals surface area contributed by atoms with E-state index in [1.165, 1.54) is 0 Å². The summed E-state index contributed by atoms with van der Waals surface area (Å²) in [5, 5.41) is 14.8. The molecule has 1 unspecified atom stereocenters. The van der Waals surface area contributed by atoms with Gasteiger partial charge >= 0.3 is 12.0 Å². The van der Waals surface area contributed by atoms with E-state index in [0.717, 1.165) is 11.1 Å². The van der Waals surface area contributed by atoms with E-state index in [4.69, 9.17) is 0 Å². The fraction of sp³-hybridized carbons (Fsp3) is 0.200. The Morgan fingerprint density at radius 1 is 0.879 bits per heavy atom. The SMILES string of the molecule is O=C(Nc1ccccc1)Nc1ccc(-c2ccc(C(=O)N3CCCC(C(=O)O)C3)nc2)cc1. The maximum atomic E-state index is 12.7. The number of aromatic nitrogens is 1. The Balaban J connectivity index is 1.37. The average molecular weight is 444 g/mol. The molecule has 1 aliphatic rings. The molecule has 3 aromatic rings. The van der Waals surface area contributed by atoms with Crippen molar-refractivity contribution in [2.24, 2.45) is 5.92 Å². The van der Waals surface area contributed by atoms with E-state index < -0.39 is 11.9 Å². The molecule has 1 fully saturated rings. The number of carbonyl (C=O) groups is 3. The van der Waals surface area contributed by atoms with Crippen LogP contribution < -0.4 is 10.6 Å². The molecule has 8 heteroatoms. The minimum Gasteiger partial charge on any atom is -0.481 e. The molecule has 3 N–H and O–H groups in total. The van der Waals surface area contributed by atoms with Gasteiger partial charge in [0.15, 0.2) is 0 Å². The number of benzene rings is 2. The predicted molar refractivity (Wildman–Crippen MR) is 125 cm³/mol. The number of hydrogen-bond donors (Lipinski definition) is 3. The quantitative estimate of drug-likeness (QED) is 0.542. The number of carboxylic acids is 1. The number of pyridine rings is 1. The maximum Gasteiger partial charge on any atom is 0.323 e. The molecule has 1 aliphatic heterocycles. The first-order valence-electron chi connectivity index (χ1n) is 10.7. The van der Waals surface area contributed by atoms with Gasteiger partial charge in [0, 0.05) is 36.2 Å². The lowest BCUT2D eigenvalue weighted by atomic mass is 9.98. The molecular formula is C25H24N4O4. The number of nitrogens with zero attached hydrogens (tertiary/aromatic N) is 2. The number of carbonyl (C=O) groups excluding carboxylic acids is 2. The zero-order chi connectivity index (χ0) is 23.2. The fourth-order valence-electron chi connectivity index (χ4n) is 3.78. The van der Waals surface area contributed by atoms with Crippen LogP contribution in [0.3, 0.4) is 0 Å². The first-order valence-corrected chi connectivity index (χ1v) is 10.7. The van der Waals surface area contributed by atoms with Gasteiger partial charge in [0.05, 0.1) is 5.92 Å². The van der Waals surface area contributed by atoms with Crippen LogP contribution in [0.2, 0.25) is 0 Å². The first kappa shape index (κ1) is 22.0. The molecule has 0 saturated carbocycles. The summed E-state index contributed by atoms with van der Waals surface area (Å²) in [5.74, 6) is -1.65. The van der Waals surface area contributed by atoms with E-state index in [9.17, 15) is 19.5 Å². The van der Waals surface area contributed by atoms with Crippen molar-refractivity contribution in [3.63, 3.8) is 0 Å². The van der Waals surface area contributed by atoms with E-state index in [2.05, 4.69) is 15.6 Å². The van der Waals surface area contributed by atoms with Crippen LogP contribution in [0.5, 0.6) is 0 Å². The third-order valence-electron chi connectivity index (χ3n) is 5.55. The minimum absolute atomic E-state index is 0.212. The highest BCUT2D eigenvalue weighted by atomic mass is 16.4. The molecule has 0 bridgehead atoms. The molecule has 168 valence electrons. The van der Waals surface area contributed by atoms with E-state index in [-0.39, 0.29) is 18.5 Å². The Bertz CT molecular complexity index is 1130. The first-order chi connectivity index (χ1) is 16.0. The van der Waals surface area contributed by atoms with E-state index >= 15 is 0 Å². The Kier molecular flexibility index (Phi) is 6.64. The van der Waals surface area contributed by atoms with Gasteiger partial charge in [-0.2, -0.15) is 0 Å². The lowest BCUT2D eigenvalue weighted by Crippen LogP contribution is -2.42. The van der Waals surface area contributed by atoms with Gasteiger partial charge in [-0.15, -0.1) is 0 Å². The number of likely N-dealkylation sites (tertiary alicyclic amines) is 1. The summed E-state index contributed by atoms with van der Waals surface area (Å²) in [4.78, 5) is 41.9. The molecule has 2 heterocycles. The Hall–Kier alpha value is -4.20. The second-order valence-electron chi connectivity index (χ2n) is 7.88. The molecule has 1 aromatic heterocycles. The summed E-state index contributed by atoms with van der Waals surface area (Å²) in [7, 11) is 0. The number of para-hydroxylation sites is 1. The number of hydrogen-bond acceptors (Lipinski definition) is 4. The summed E-state index contributed by atoms with van der Waals surface area (Å²) in [6.07, 6.45) is 2.88. The molecule has 1 saturated heterocycles. The highest BCUT2D eigenvalue weighted by Gasteiger charge is 2.29. The van der Waals surface area contributed by atoms with Crippen molar-refractivity contribution in [1.29, 1.82) is 0 Å². The molecule has 0 radical (unpaired) electrons. The third kappa shape index (κ3) is 5.54. The molecule has 33 heavy (non-hydrogen) atoms. The average Bonchev–Trinajstić information content (AvgIpc) is 2.85. The normalized spacial score (nSPS) is 15.5. The number of urea groups is 1. The topological polar surface area (TPSA) is 112 Å². The van der Waals surface area contributed by atoms with Gasteiger partial charge in [0.2, 0.25) is 0 Å². The second kappa shape index (κ2) is 9.95. The molecular weight excluding hydrogens is 420 g/mol. The number of carboxylic acid groups (broad SMARTS) is 1. The monoisotopic (exact) mass is 444 g/mol. The summed E-state index contributed by atoms with van der Waals surface area (Å²) in [6.45, 7) is 0.752. The molecule has 2 aromatic carbocycles. The van der Waals surface area contributed by atoms with Crippen molar-refractivity contribution in [3.05, 3.63) is 78.6 Å². The number of piperidine rings is 1. The van der Waals surface area contributed by atoms with Crippen molar-refractivity contribution in [2.45, 2.75) is 12.8 Å². The number of anilines is 2. The van der Waals surface area contributed by atoms with Crippen LogP contribution in [0.15, 0.2) is 72.9 Å². The van der Waals surface area contributed by atoms with Gasteiger partial charge in [-0.05, 0) is 48.7 Å². The number of rotatable bonds is 5. The van der Waals surface area contributed by atoms with Crippen molar-refractivity contribution in [1.82, 2.24) is 9.88 Å². The molecule has 8 nitrogen and oxygen atoms in total. The van der Waals surface area contributed by atoms with Gasteiger partial charge in [0.1, 0.15) is 5.69 Å². The van der Waals surface area contributed by atoms with Crippen LogP contribution in [0.25, 0.3) is 11.1 Å². The molecule has 4 rings (SSSR count). The van der Waals surface area contributed by atoms with Gasteiger partial charge in [-0.25, -0.2) is 4.79 Å². The minimum atomic E-state index is -0.869. The lowest BCUT2D eigenvalue weighted by Gasteiger charge is -2.30. The molecule has 0 spiro atoms. The number of aliphatic carboxylic acids is 1. The highest BCUT2D eigenvalue weighted by molar-refractivity contribution is 5.99. The Morgan fingerprint density at radius 3 is 2.18 bits per heavy atom. The summed E-state index contributed by atoms with van der Waals surface area (Å²) >= 11 is 0. The van der Waals surface area contributed by atoms with Crippen LogP contribution in [0.1, 0.15) is 23.3 Å². The zero-order valence-corrected chi connectivity index (χ0v) is 17.9. The largest absolute Gasteiger partial charge is 0.481 e. The van der Waals surface area contributed by atoms with Gasteiger partial charge < -0.3 is 20.6 Å². The Labute approximate surface area is 191 Å². The summed E-state index contributed by atoms with van der Waals surface area (Å²) in [5.41, 5.74) is 3.36. The van der Waals surface area contributed by atoms with Gasteiger partial charge in [-0.1, -0.05) is 36.4 Å². The standard InChI is InChI=1S/C25H24N4O4/c30-23(29-14-4-5-19(16-29)24(31)32)22-13-10-18(15-26-22)17-8-11-21(12-9-17)28-25(33)27-20-6-2-1-3-7-20/h1-3,6-13,15,19H,4-5,14,16H2,(H,31,32)(H2,27,28,33). The predicted octanol–water partition coefficient (Wildman–Crippen LogP) is 4.33. The van der Waals surface area contributed by atoms with Crippen molar-refractivity contribution >= 4 is 29.3 Å². The van der Waals surface area contributed by atoms with Gasteiger partial charge in [0.25, 0.3) is 5.91 Å². The Morgan fingerprint density at radius 2 is 1.55 bits per heavy atom. The van der Waals surface area contributed by atoms with Gasteiger partial charge in [-0.3, -0.25) is 14.6 Å². The van der Waals surface area contributed by atoms with E-state index in [1.54, 1.807) is 41.4 Å². The van der Waals surface area contributed by atoms with Crippen LogP contribution >= 0.6 is 0 Å². The van der Waals surface area contributed by atoms with Crippen molar-refractivity contribution in [2.75, 3.05) is 23.7 Å².